The van der Waals surface area contributed by atoms with Crippen molar-refractivity contribution in [1.29, 1.82) is 0 Å². The number of rotatable bonds is 16. The highest BCUT2D eigenvalue weighted by atomic mass is 16.4. The van der Waals surface area contributed by atoms with Crippen LogP contribution in [0, 0.1) is 0 Å². The molecule has 6 N–H and O–H groups in total. The number of hydrogen-bond acceptors (Lipinski definition) is 12. The lowest BCUT2D eigenvalue weighted by molar-refractivity contribution is -0.140. The molecule has 1 aliphatic heterocycles. The van der Waals surface area contributed by atoms with Crippen LogP contribution in [0.15, 0.2) is 29.3 Å². The fourth-order valence-electron chi connectivity index (χ4n) is 5.09. The van der Waals surface area contributed by atoms with Gasteiger partial charge in [0.15, 0.2) is 0 Å². The van der Waals surface area contributed by atoms with Crippen LogP contribution < -0.4 is 5.32 Å². The molecule has 17 heteroatoms. The molecule has 0 spiro atoms. The van der Waals surface area contributed by atoms with Gasteiger partial charge < -0.3 is 30.8 Å². The van der Waals surface area contributed by atoms with Crippen molar-refractivity contribution in [2.75, 3.05) is 85.1 Å². The Morgan fingerprint density at radius 3 is 1.52 bits per heavy atom. The van der Waals surface area contributed by atoms with E-state index in [4.69, 9.17) is 0 Å². The number of carbonyl (C=O) groups is 5. The molecule has 17 nitrogen and oxygen atoms in total. The number of aliphatic imine (C=N–C) groups is 1. The predicted molar refractivity (Wildman–Crippen MR) is 162 cm³/mol. The fourth-order valence-corrected chi connectivity index (χ4v) is 5.09. The highest BCUT2D eigenvalue weighted by Gasteiger charge is 2.23. The standard InChI is InChI=1S/C29H42N6O11/c36-20-31-23-3-1-21(2-4-23)22(14-26(39)40)13-25(38)30-15-24(37)16-32-5-7-33(17-27(41)42)9-11-35(19-29(45)46)12-10-34(8-6-32)18-28(43)44/h1-4,22,24,37H,5-19H2,(H,30,38)(H,39,40)(H,41,42)(H,43,44)(H,45,46). The Balaban J connectivity index is 2.05. The van der Waals surface area contributed by atoms with E-state index >= 15 is 0 Å². The van der Waals surface area contributed by atoms with Crippen LogP contribution in [0.1, 0.15) is 24.3 Å². The normalized spacial score (nSPS) is 17.4. The molecule has 46 heavy (non-hydrogen) atoms. The number of carbonyl (C=O) groups excluding carboxylic acids is 2. The molecule has 1 aromatic rings. The van der Waals surface area contributed by atoms with E-state index in [-0.39, 0.29) is 84.8 Å². The summed E-state index contributed by atoms with van der Waals surface area (Å²) in [5, 5.41) is 50.8. The van der Waals surface area contributed by atoms with Gasteiger partial charge >= 0.3 is 23.9 Å². The van der Waals surface area contributed by atoms with E-state index in [0.29, 0.717) is 24.3 Å². The van der Waals surface area contributed by atoms with Crippen molar-refractivity contribution >= 4 is 41.6 Å². The number of aliphatic hydroxyl groups excluding tert-OH is 1. The van der Waals surface area contributed by atoms with Crippen molar-refractivity contribution in [3.8, 4) is 0 Å². The Morgan fingerprint density at radius 2 is 1.13 bits per heavy atom. The van der Waals surface area contributed by atoms with Crippen molar-refractivity contribution < 1.29 is 54.3 Å². The molecule has 2 unspecified atom stereocenters. The van der Waals surface area contributed by atoms with Crippen LogP contribution in [0.5, 0.6) is 0 Å². The minimum atomic E-state index is -1.10. The SMILES string of the molecule is O=C=Nc1ccc(C(CC(=O)O)CC(=O)NCC(O)CN2CCN(CC(=O)O)CCN(CC(=O)O)CCN(CC(=O)O)CC2)cc1. The van der Waals surface area contributed by atoms with Crippen molar-refractivity contribution in [2.24, 2.45) is 4.99 Å². The zero-order chi connectivity index (χ0) is 34.1. The lowest BCUT2D eigenvalue weighted by atomic mass is 9.92. The number of amides is 1. The van der Waals surface area contributed by atoms with Gasteiger partial charge in [-0.3, -0.25) is 43.6 Å². The number of aliphatic hydroxyl groups is 1. The zero-order valence-corrected chi connectivity index (χ0v) is 25.5. The summed E-state index contributed by atoms with van der Waals surface area (Å²) in [5.74, 6) is -5.42. The summed E-state index contributed by atoms with van der Waals surface area (Å²) in [6.45, 7) is 1.31. The monoisotopic (exact) mass is 650 g/mol. The van der Waals surface area contributed by atoms with Gasteiger partial charge in [0.25, 0.3) is 0 Å². The molecule has 0 radical (unpaired) electrons. The number of benzene rings is 1. The maximum atomic E-state index is 12.8. The van der Waals surface area contributed by atoms with Crippen LogP contribution in [0.25, 0.3) is 0 Å². The minimum Gasteiger partial charge on any atom is -0.481 e. The molecular weight excluding hydrogens is 608 g/mol. The van der Waals surface area contributed by atoms with Gasteiger partial charge in [0, 0.05) is 77.8 Å². The molecule has 0 bridgehead atoms. The zero-order valence-electron chi connectivity index (χ0n) is 25.5. The molecule has 0 aliphatic carbocycles. The highest BCUT2D eigenvalue weighted by Crippen LogP contribution is 2.25. The van der Waals surface area contributed by atoms with E-state index in [1.54, 1.807) is 26.8 Å². The average molecular weight is 651 g/mol. The molecule has 254 valence electrons. The van der Waals surface area contributed by atoms with Crippen LogP contribution in [0.3, 0.4) is 0 Å². The van der Waals surface area contributed by atoms with E-state index < -0.39 is 41.8 Å². The van der Waals surface area contributed by atoms with E-state index in [0.717, 1.165) is 0 Å². The molecular formula is C29H42N6O11. The van der Waals surface area contributed by atoms with Gasteiger partial charge in [-0.05, 0) is 17.7 Å². The largest absolute Gasteiger partial charge is 0.481 e. The average Bonchev–Trinajstić information content (AvgIpc) is 2.96. The van der Waals surface area contributed by atoms with Crippen molar-refractivity contribution in [2.45, 2.75) is 24.9 Å². The first-order valence-electron chi connectivity index (χ1n) is 14.7. The molecule has 1 aliphatic rings. The van der Waals surface area contributed by atoms with Crippen LogP contribution in [-0.2, 0) is 28.8 Å². The molecule has 1 aromatic carbocycles. The third-order valence-corrected chi connectivity index (χ3v) is 7.40. The van der Waals surface area contributed by atoms with E-state index in [1.807, 2.05) is 4.90 Å². The summed E-state index contributed by atoms with van der Waals surface area (Å²) >= 11 is 0. The summed E-state index contributed by atoms with van der Waals surface area (Å²) in [6.07, 6.45) is -0.138. The van der Waals surface area contributed by atoms with E-state index in [2.05, 4.69) is 10.3 Å². The second kappa shape index (κ2) is 20.0. The van der Waals surface area contributed by atoms with Crippen LogP contribution in [0.4, 0.5) is 5.69 Å². The third kappa shape index (κ3) is 15.7. The number of β-amino-alcohol motifs (C(OH)–C–C–N with tert-alkyl or cyclic N) is 1. The summed E-state index contributed by atoms with van der Waals surface area (Å²) in [7, 11) is 0. The lowest BCUT2D eigenvalue weighted by Crippen LogP contribution is -2.50. The quantitative estimate of drug-likeness (QED) is 0.0886. The minimum absolute atomic E-state index is 0.0739. The second-order valence-electron chi connectivity index (χ2n) is 11.1. The first kappa shape index (κ1) is 37.9. The van der Waals surface area contributed by atoms with Gasteiger partial charge in [0.05, 0.1) is 37.8 Å². The topological polar surface area (TPSA) is 241 Å². The number of isocyanates is 1. The smallest absolute Gasteiger partial charge is 0.317 e. The van der Waals surface area contributed by atoms with Crippen molar-refractivity contribution in [3.05, 3.63) is 29.8 Å². The summed E-state index contributed by atoms with van der Waals surface area (Å²) in [4.78, 5) is 79.2. The number of nitrogens with zero attached hydrogens (tertiary/aromatic N) is 5. The van der Waals surface area contributed by atoms with Gasteiger partial charge in [-0.1, -0.05) is 12.1 Å². The van der Waals surface area contributed by atoms with Gasteiger partial charge in [-0.2, -0.15) is 4.99 Å². The van der Waals surface area contributed by atoms with E-state index in [1.165, 1.54) is 18.2 Å². The van der Waals surface area contributed by atoms with Crippen molar-refractivity contribution in [1.82, 2.24) is 24.9 Å². The molecule has 2 rings (SSSR count). The molecule has 0 saturated carbocycles. The van der Waals surface area contributed by atoms with Gasteiger partial charge in [-0.25, -0.2) is 4.79 Å². The number of aliphatic carboxylic acids is 4. The van der Waals surface area contributed by atoms with Gasteiger partial charge in [0.1, 0.15) is 0 Å². The summed E-state index contributed by atoms with van der Waals surface area (Å²) in [6, 6.07) is 6.17. The molecule has 0 aromatic heterocycles. The molecule has 1 amide bonds. The van der Waals surface area contributed by atoms with E-state index in [9.17, 15) is 54.3 Å². The lowest BCUT2D eigenvalue weighted by Gasteiger charge is -2.33. The van der Waals surface area contributed by atoms with Crippen LogP contribution in [-0.4, -0.2) is 172 Å². The third-order valence-electron chi connectivity index (χ3n) is 7.40. The Kier molecular flexibility index (Phi) is 16.5. The Morgan fingerprint density at radius 1 is 0.696 bits per heavy atom. The number of carboxylic acid groups (broad SMARTS) is 4. The highest BCUT2D eigenvalue weighted by molar-refractivity contribution is 5.78. The van der Waals surface area contributed by atoms with Crippen LogP contribution >= 0.6 is 0 Å². The first-order valence-corrected chi connectivity index (χ1v) is 14.7. The summed E-state index contributed by atoms with van der Waals surface area (Å²) < 4.78 is 0. The molecule has 1 fully saturated rings. The molecule has 1 saturated heterocycles. The Hall–Kier alpha value is -4.25. The van der Waals surface area contributed by atoms with Gasteiger partial charge in [0.2, 0.25) is 12.0 Å². The first-order chi connectivity index (χ1) is 21.8. The van der Waals surface area contributed by atoms with Gasteiger partial charge in [-0.15, -0.1) is 0 Å². The van der Waals surface area contributed by atoms with Crippen molar-refractivity contribution in [3.63, 3.8) is 0 Å². The maximum Gasteiger partial charge on any atom is 0.317 e. The maximum absolute atomic E-state index is 12.8. The Labute approximate surface area is 265 Å². The second-order valence-corrected chi connectivity index (χ2v) is 11.1. The summed E-state index contributed by atoms with van der Waals surface area (Å²) in [5.41, 5.74) is 0.893. The fraction of sp³-hybridized carbons (Fsp3) is 0.586. The molecule has 2 atom stereocenters. The number of hydrogen-bond donors (Lipinski definition) is 6. The molecule has 1 heterocycles. The predicted octanol–water partition coefficient (Wildman–Crippen LogP) is -1.45. The van der Waals surface area contributed by atoms with Crippen LogP contribution in [0.2, 0.25) is 0 Å². The number of carboxylic acids is 4. The number of nitrogens with one attached hydrogen (secondary N) is 1. The Bertz CT molecular complexity index is 1190.